The van der Waals surface area contributed by atoms with Crippen LogP contribution in [0.3, 0.4) is 0 Å². The SMILES string of the molecule is CC(=O)NC1CCN(Cc2nc3cc(N)ccc3o2)C1. The minimum absolute atomic E-state index is 0.0224. The summed E-state index contributed by atoms with van der Waals surface area (Å²) in [7, 11) is 0. The van der Waals surface area contributed by atoms with Crippen molar-refractivity contribution in [1.82, 2.24) is 15.2 Å². The maximum absolute atomic E-state index is 11.0. The van der Waals surface area contributed by atoms with Crippen molar-refractivity contribution in [2.24, 2.45) is 0 Å². The molecule has 1 aliphatic rings. The van der Waals surface area contributed by atoms with E-state index >= 15 is 0 Å². The number of likely N-dealkylation sites (tertiary alicyclic amines) is 1. The molecule has 1 aromatic heterocycles. The third-order valence-corrected chi connectivity index (χ3v) is 3.49. The Kier molecular flexibility index (Phi) is 3.31. The van der Waals surface area contributed by atoms with Gasteiger partial charge < -0.3 is 15.5 Å². The van der Waals surface area contributed by atoms with Crippen molar-refractivity contribution in [2.75, 3.05) is 18.8 Å². The number of aromatic nitrogens is 1. The van der Waals surface area contributed by atoms with E-state index in [1.807, 2.05) is 12.1 Å². The number of carbonyl (C=O) groups is 1. The lowest BCUT2D eigenvalue weighted by Gasteiger charge is -2.13. The van der Waals surface area contributed by atoms with Gasteiger partial charge in [0, 0.05) is 31.7 Å². The van der Waals surface area contributed by atoms with Crippen molar-refractivity contribution in [3.05, 3.63) is 24.1 Å². The smallest absolute Gasteiger partial charge is 0.217 e. The van der Waals surface area contributed by atoms with Gasteiger partial charge in [0.25, 0.3) is 0 Å². The zero-order valence-electron chi connectivity index (χ0n) is 11.4. The van der Waals surface area contributed by atoms with Gasteiger partial charge in [-0.1, -0.05) is 0 Å². The van der Waals surface area contributed by atoms with E-state index in [0.29, 0.717) is 18.1 Å². The Labute approximate surface area is 116 Å². The minimum atomic E-state index is 0.0224. The zero-order chi connectivity index (χ0) is 14.1. The fourth-order valence-corrected chi connectivity index (χ4v) is 2.63. The van der Waals surface area contributed by atoms with Crippen molar-refractivity contribution in [2.45, 2.75) is 25.9 Å². The van der Waals surface area contributed by atoms with Gasteiger partial charge in [-0.05, 0) is 24.6 Å². The average molecular weight is 274 g/mol. The van der Waals surface area contributed by atoms with Crippen molar-refractivity contribution in [1.29, 1.82) is 0 Å². The largest absolute Gasteiger partial charge is 0.439 e. The van der Waals surface area contributed by atoms with Gasteiger partial charge in [-0.2, -0.15) is 0 Å². The molecular weight excluding hydrogens is 256 g/mol. The van der Waals surface area contributed by atoms with E-state index < -0.39 is 0 Å². The second-order valence-electron chi connectivity index (χ2n) is 5.26. The number of hydrogen-bond donors (Lipinski definition) is 2. The summed E-state index contributed by atoms with van der Waals surface area (Å²) in [6.07, 6.45) is 0.965. The Morgan fingerprint density at radius 2 is 2.45 bits per heavy atom. The summed E-state index contributed by atoms with van der Waals surface area (Å²) in [6, 6.07) is 5.69. The number of hydrogen-bond acceptors (Lipinski definition) is 5. The minimum Gasteiger partial charge on any atom is -0.439 e. The lowest BCUT2D eigenvalue weighted by molar-refractivity contribution is -0.119. The van der Waals surface area contributed by atoms with Gasteiger partial charge in [0.2, 0.25) is 11.8 Å². The zero-order valence-corrected chi connectivity index (χ0v) is 11.4. The Morgan fingerprint density at radius 3 is 3.25 bits per heavy atom. The van der Waals surface area contributed by atoms with E-state index in [-0.39, 0.29) is 11.9 Å². The maximum atomic E-state index is 11.0. The number of amides is 1. The lowest BCUT2D eigenvalue weighted by atomic mass is 10.3. The molecule has 2 heterocycles. The molecule has 1 unspecified atom stereocenters. The van der Waals surface area contributed by atoms with Gasteiger partial charge in [0.1, 0.15) is 5.52 Å². The maximum Gasteiger partial charge on any atom is 0.217 e. The molecule has 0 spiro atoms. The topological polar surface area (TPSA) is 84.4 Å². The molecule has 1 amide bonds. The van der Waals surface area contributed by atoms with E-state index in [9.17, 15) is 4.79 Å². The molecule has 3 rings (SSSR count). The molecule has 0 radical (unpaired) electrons. The highest BCUT2D eigenvalue weighted by Crippen LogP contribution is 2.20. The molecule has 0 aliphatic carbocycles. The molecule has 1 saturated heterocycles. The Morgan fingerprint density at radius 1 is 1.60 bits per heavy atom. The number of rotatable bonds is 3. The van der Waals surface area contributed by atoms with Crippen molar-refractivity contribution in [3.63, 3.8) is 0 Å². The third-order valence-electron chi connectivity index (χ3n) is 3.49. The normalized spacial score (nSPS) is 19.6. The molecule has 0 bridgehead atoms. The molecule has 20 heavy (non-hydrogen) atoms. The van der Waals surface area contributed by atoms with Crippen molar-refractivity contribution < 1.29 is 9.21 Å². The van der Waals surface area contributed by atoms with Crippen LogP contribution >= 0.6 is 0 Å². The molecule has 1 aliphatic heterocycles. The van der Waals surface area contributed by atoms with E-state index in [1.165, 1.54) is 0 Å². The number of benzene rings is 1. The molecular formula is C14H18N4O2. The van der Waals surface area contributed by atoms with Crippen LogP contribution in [-0.2, 0) is 11.3 Å². The Bertz CT molecular complexity index is 637. The monoisotopic (exact) mass is 274 g/mol. The summed E-state index contributed by atoms with van der Waals surface area (Å²) in [5, 5.41) is 2.94. The summed E-state index contributed by atoms with van der Waals surface area (Å²) < 4.78 is 5.71. The summed E-state index contributed by atoms with van der Waals surface area (Å²) in [4.78, 5) is 17.7. The fraction of sp³-hybridized carbons (Fsp3) is 0.429. The number of oxazole rings is 1. The fourth-order valence-electron chi connectivity index (χ4n) is 2.63. The van der Waals surface area contributed by atoms with Crippen LogP contribution in [0.1, 0.15) is 19.2 Å². The van der Waals surface area contributed by atoms with Crippen LogP contribution in [0.4, 0.5) is 5.69 Å². The lowest BCUT2D eigenvalue weighted by Crippen LogP contribution is -2.35. The first-order valence-electron chi connectivity index (χ1n) is 6.74. The quantitative estimate of drug-likeness (QED) is 0.819. The van der Waals surface area contributed by atoms with Crippen LogP contribution in [0.5, 0.6) is 0 Å². The molecule has 6 heteroatoms. The van der Waals surface area contributed by atoms with Gasteiger partial charge in [-0.25, -0.2) is 4.98 Å². The van der Waals surface area contributed by atoms with Crippen LogP contribution in [0.2, 0.25) is 0 Å². The van der Waals surface area contributed by atoms with Gasteiger partial charge >= 0.3 is 0 Å². The molecule has 6 nitrogen and oxygen atoms in total. The predicted octanol–water partition coefficient (Wildman–Crippen LogP) is 1.12. The summed E-state index contributed by atoms with van der Waals surface area (Å²) in [5.74, 6) is 0.711. The third kappa shape index (κ3) is 2.75. The average Bonchev–Trinajstić information content (AvgIpc) is 2.95. The molecule has 3 N–H and O–H groups in total. The Balaban J connectivity index is 1.66. The van der Waals surface area contributed by atoms with Crippen LogP contribution in [0.25, 0.3) is 11.1 Å². The van der Waals surface area contributed by atoms with Crippen LogP contribution in [0.15, 0.2) is 22.6 Å². The summed E-state index contributed by atoms with van der Waals surface area (Å²) in [6.45, 7) is 3.98. The number of anilines is 1. The Hall–Kier alpha value is -2.08. The van der Waals surface area contributed by atoms with Gasteiger partial charge in [-0.3, -0.25) is 9.69 Å². The van der Waals surface area contributed by atoms with Crippen molar-refractivity contribution >= 4 is 22.7 Å². The van der Waals surface area contributed by atoms with Crippen LogP contribution < -0.4 is 11.1 Å². The summed E-state index contributed by atoms with van der Waals surface area (Å²) in [5.41, 5.74) is 7.96. The number of nitrogens with two attached hydrogens (primary N) is 1. The highest BCUT2D eigenvalue weighted by atomic mass is 16.3. The number of fused-ring (bicyclic) bond motifs is 1. The summed E-state index contributed by atoms with van der Waals surface area (Å²) >= 11 is 0. The van der Waals surface area contributed by atoms with Crippen LogP contribution in [-0.4, -0.2) is 34.9 Å². The van der Waals surface area contributed by atoms with Crippen LogP contribution in [0, 0.1) is 0 Å². The molecule has 106 valence electrons. The van der Waals surface area contributed by atoms with E-state index in [0.717, 1.165) is 30.6 Å². The first-order valence-corrected chi connectivity index (χ1v) is 6.74. The van der Waals surface area contributed by atoms with Gasteiger partial charge in [-0.15, -0.1) is 0 Å². The van der Waals surface area contributed by atoms with Gasteiger partial charge in [0.15, 0.2) is 5.58 Å². The van der Waals surface area contributed by atoms with Crippen molar-refractivity contribution in [3.8, 4) is 0 Å². The van der Waals surface area contributed by atoms with E-state index in [2.05, 4.69) is 15.2 Å². The first kappa shape index (κ1) is 12.9. The van der Waals surface area contributed by atoms with E-state index in [4.69, 9.17) is 10.2 Å². The second kappa shape index (κ2) is 5.13. The molecule has 1 aromatic carbocycles. The highest BCUT2D eigenvalue weighted by Gasteiger charge is 2.24. The number of nitrogen functional groups attached to an aromatic ring is 1. The predicted molar refractivity (Wildman–Crippen MR) is 75.9 cm³/mol. The molecule has 1 atom stereocenters. The molecule has 1 fully saturated rings. The number of nitrogens with one attached hydrogen (secondary N) is 1. The number of carbonyl (C=O) groups excluding carboxylic acids is 1. The molecule has 0 saturated carbocycles. The standard InChI is InChI=1S/C14H18N4O2/c1-9(19)16-11-4-5-18(7-11)8-14-17-12-6-10(15)2-3-13(12)20-14/h2-3,6,11H,4-5,7-8,15H2,1H3,(H,16,19). The van der Waals surface area contributed by atoms with E-state index in [1.54, 1.807) is 13.0 Å². The molecule has 2 aromatic rings. The van der Waals surface area contributed by atoms with Gasteiger partial charge in [0.05, 0.1) is 6.54 Å². The number of nitrogens with zero attached hydrogens (tertiary/aromatic N) is 2. The highest BCUT2D eigenvalue weighted by molar-refractivity contribution is 5.76. The second-order valence-corrected chi connectivity index (χ2v) is 5.26. The first-order chi connectivity index (χ1) is 9.60.